The molecule has 2 aromatic rings. The van der Waals surface area contributed by atoms with Gasteiger partial charge in [-0.1, -0.05) is 12.1 Å². The summed E-state index contributed by atoms with van der Waals surface area (Å²) in [5.74, 6) is 0.977. The highest BCUT2D eigenvalue weighted by Gasteiger charge is 2.63. The predicted molar refractivity (Wildman–Crippen MR) is 130 cm³/mol. The number of halogens is 3. The van der Waals surface area contributed by atoms with Gasteiger partial charge in [-0.05, 0) is 92.9 Å². The van der Waals surface area contributed by atoms with Crippen LogP contribution in [0.3, 0.4) is 0 Å². The summed E-state index contributed by atoms with van der Waals surface area (Å²) in [6, 6.07) is 9.79. The summed E-state index contributed by atoms with van der Waals surface area (Å²) in [5.41, 5.74) is 0.583. The van der Waals surface area contributed by atoms with Gasteiger partial charge in [0.25, 0.3) is 0 Å². The summed E-state index contributed by atoms with van der Waals surface area (Å²) >= 11 is 0. The first-order valence-electron chi connectivity index (χ1n) is 13.2. The highest BCUT2D eigenvalue weighted by molar-refractivity contribution is 5.48. The van der Waals surface area contributed by atoms with Crippen LogP contribution >= 0.6 is 0 Å². The number of aromatic nitrogens is 1. The lowest BCUT2D eigenvalue weighted by molar-refractivity contribution is -0.149. The van der Waals surface area contributed by atoms with Gasteiger partial charge in [0.15, 0.2) is 0 Å². The number of phenols is 1. The van der Waals surface area contributed by atoms with E-state index >= 15 is 0 Å². The molecule has 3 fully saturated rings. The Morgan fingerprint density at radius 1 is 1.03 bits per heavy atom. The number of hydrogen-bond acceptors (Lipinski definition) is 5. The maximum absolute atomic E-state index is 13.1. The summed E-state index contributed by atoms with van der Waals surface area (Å²) in [4.78, 5) is 8.63. The Kier molecular flexibility index (Phi) is 5.85. The van der Waals surface area contributed by atoms with Gasteiger partial charge < -0.3 is 15.1 Å². The fourth-order valence-corrected chi connectivity index (χ4v) is 7.18. The van der Waals surface area contributed by atoms with E-state index < -0.39 is 22.9 Å². The number of benzene rings is 1. The van der Waals surface area contributed by atoms with E-state index in [4.69, 9.17) is 0 Å². The second-order valence-electron chi connectivity index (χ2n) is 11.4. The van der Waals surface area contributed by atoms with Gasteiger partial charge in [0.1, 0.15) is 11.4 Å². The Morgan fingerprint density at radius 3 is 2.58 bits per heavy atom. The zero-order valence-electron chi connectivity index (χ0n) is 20.5. The fourth-order valence-electron chi connectivity index (χ4n) is 7.18. The number of rotatable bonds is 5. The molecule has 6 rings (SSSR count). The minimum absolute atomic E-state index is 0.0500. The minimum atomic E-state index is -4.44. The van der Waals surface area contributed by atoms with Crippen molar-refractivity contribution in [2.24, 2.45) is 5.92 Å². The average molecular weight is 502 g/mol. The molecule has 5 nitrogen and oxygen atoms in total. The zero-order valence-corrected chi connectivity index (χ0v) is 20.5. The van der Waals surface area contributed by atoms with E-state index in [1.54, 1.807) is 12.1 Å². The van der Waals surface area contributed by atoms with Crippen molar-refractivity contribution < 1.29 is 23.4 Å². The summed E-state index contributed by atoms with van der Waals surface area (Å²) in [6.07, 6.45) is 1.56. The van der Waals surface area contributed by atoms with Crippen LogP contribution in [0.5, 0.6) is 5.75 Å². The molecule has 0 spiro atoms. The number of fused-ring (bicyclic) bond motifs is 1. The van der Waals surface area contributed by atoms with E-state index in [0.717, 1.165) is 56.4 Å². The molecule has 2 aliphatic carbocycles. The van der Waals surface area contributed by atoms with Crippen LogP contribution in [0.1, 0.15) is 54.6 Å². The monoisotopic (exact) mass is 501 g/mol. The number of nitrogens with zero attached hydrogens (tertiary/aromatic N) is 3. The second kappa shape index (κ2) is 8.71. The van der Waals surface area contributed by atoms with Crippen molar-refractivity contribution in [1.29, 1.82) is 0 Å². The molecule has 1 aromatic carbocycles. The largest absolute Gasteiger partial charge is 0.508 e. The zero-order chi connectivity index (χ0) is 25.1. The molecule has 4 aliphatic rings. The number of piperidine rings is 1. The molecule has 2 N–H and O–H groups in total. The van der Waals surface area contributed by atoms with Crippen LogP contribution < -0.4 is 0 Å². The van der Waals surface area contributed by atoms with Crippen molar-refractivity contribution in [2.75, 3.05) is 32.7 Å². The Morgan fingerprint density at radius 2 is 1.81 bits per heavy atom. The molecule has 0 radical (unpaired) electrons. The molecule has 1 saturated carbocycles. The van der Waals surface area contributed by atoms with E-state index in [0.29, 0.717) is 31.6 Å². The maximum Gasteiger partial charge on any atom is 0.433 e. The quantitative estimate of drug-likeness (QED) is 0.645. The first-order valence-corrected chi connectivity index (χ1v) is 13.2. The van der Waals surface area contributed by atoms with Crippen LogP contribution in [0, 0.1) is 5.92 Å². The molecule has 2 bridgehead atoms. The van der Waals surface area contributed by atoms with Gasteiger partial charge in [-0.15, -0.1) is 0 Å². The maximum atomic E-state index is 13.1. The van der Waals surface area contributed by atoms with Crippen LogP contribution in [0.25, 0.3) is 0 Å². The number of phenolic OH excluding ortho intramolecular Hbond substituents is 1. The van der Waals surface area contributed by atoms with Crippen LogP contribution in [-0.2, 0) is 24.4 Å². The van der Waals surface area contributed by atoms with Crippen LogP contribution in [0.4, 0.5) is 13.2 Å². The molecular weight excluding hydrogens is 467 g/mol. The lowest BCUT2D eigenvalue weighted by Gasteiger charge is -2.61. The standard InChI is InChI=1S/C28H34F3N3O2/c29-28(30,31)24-3-1-2-21(32-24)8-12-33-13-9-26-10-15-34(18-19-4-5-19)25(27(26,36)11-14-33)16-20-6-7-22(35)17-23(20)26/h1-3,6-7,17,19,25,35-36H,4-5,8-16,18H2/t25-,26+,27-/m1/s1. The third kappa shape index (κ3) is 4.11. The third-order valence-corrected chi connectivity index (χ3v) is 9.30. The number of aliphatic hydroxyl groups is 1. The van der Waals surface area contributed by atoms with E-state index in [1.165, 1.54) is 24.5 Å². The van der Waals surface area contributed by atoms with Gasteiger partial charge >= 0.3 is 6.18 Å². The Hall–Kier alpha value is -2.16. The van der Waals surface area contributed by atoms with Crippen LogP contribution in [0.2, 0.25) is 0 Å². The summed E-state index contributed by atoms with van der Waals surface area (Å²) in [6.45, 7) is 4.04. The van der Waals surface area contributed by atoms with Crippen LogP contribution in [0.15, 0.2) is 36.4 Å². The molecule has 3 heterocycles. The van der Waals surface area contributed by atoms with Crippen LogP contribution in [-0.4, -0.2) is 69.4 Å². The second-order valence-corrected chi connectivity index (χ2v) is 11.4. The minimum Gasteiger partial charge on any atom is -0.508 e. The molecule has 2 saturated heterocycles. The topological polar surface area (TPSA) is 59.8 Å². The Labute approximate surface area is 209 Å². The van der Waals surface area contributed by atoms with Gasteiger partial charge in [-0.2, -0.15) is 13.2 Å². The van der Waals surface area contributed by atoms with E-state index in [9.17, 15) is 23.4 Å². The lowest BCUT2D eigenvalue weighted by Crippen LogP contribution is -2.71. The van der Waals surface area contributed by atoms with E-state index in [1.807, 2.05) is 12.1 Å². The molecular formula is C28H34F3N3O2. The third-order valence-electron chi connectivity index (χ3n) is 9.30. The fraction of sp³-hybridized carbons (Fsp3) is 0.607. The Bertz CT molecular complexity index is 1140. The van der Waals surface area contributed by atoms with Crippen molar-refractivity contribution in [3.63, 3.8) is 0 Å². The molecule has 36 heavy (non-hydrogen) atoms. The molecule has 1 aromatic heterocycles. The SMILES string of the molecule is Oc1ccc2c(c1)[C@@]13CCN(CCc4cccc(C(F)(F)F)n4)CC[C@@]1(O)[C@@H](C2)N(CC1CC1)CC3. The summed E-state index contributed by atoms with van der Waals surface area (Å²) < 4.78 is 39.3. The number of hydrogen-bond donors (Lipinski definition) is 2. The van der Waals surface area contributed by atoms with Gasteiger partial charge in [0, 0.05) is 43.2 Å². The number of alkyl halides is 3. The molecule has 8 heteroatoms. The first-order chi connectivity index (χ1) is 17.2. The highest BCUT2D eigenvalue weighted by atomic mass is 19.4. The summed E-state index contributed by atoms with van der Waals surface area (Å²) in [5, 5.41) is 22.9. The molecule has 0 amide bonds. The van der Waals surface area contributed by atoms with Gasteiger partial charge in [-0.3, -0.25) is 4.90 Å². The van der Waals surface area contributed by atoms with Gasteiger partial charge in [0.2, 0.25) is 0 Å². The van der Waals surface area contributed by atoms with Crippen molar-refractivity contribution >= 4 is 0 Å². The lowest BCUT2D eigenvalue weighted by atomic mass is 9.52. The van der Waals surface area contributed by atoms with E-state index in [-0.39, 0.29) is 11.8 Å². The number of aromatic hydroxyl groups is 1. The molecule has 3 atom stereocenters. The van der Waals surface area contributed by atoms with Crippen molar-refractivity contribution in [3.05, 3.63) is 58.9 Å². The van der Waals surface area contributed by atoms with Gasteiger partial charge in [-0.25, -0.2) is 4.98 Å². The number of pyridine rings is 1. The van der Waals surface area contributed by atoms with Crippen molar-refractivity contribution in [1.82, 2.24) is 14.8 Å². The Balaban J connectivity index is 1.26. The summed E-state index contributed by atoms with van der Waals surface area (Å²) in [7, 11) is 0. The highest BCUT2D eigenvalue weighted by Crippen LogP contribution is 2.56. The molecule has 2 aliphatic heterocycles. The van der Waals surface area contributed by atoms with Gasteiger partial charge in [0.05, 0.1) is 5.60 Å². The first kappa shape index (κ1) is 24.2. The molecule has 0 unspecified atom stereocenters. The average Bonchev–Trinajstić information content (AvgIpc) is 3.67. The van der Waals surface area contributed by atoms with Crippen molar-refractivity contribution in [3.8, 4) is 5.75 Å². The smallest absolute Gasteiger partial charge is 0.433 e. The predicted octanol–water partition coefficient (Wildman–Crippen LogP) is 4.15. The van der Waals surface area contributed by atoms with E-state index in [2.05, 4.69) is 14.8 Å². The number of likely N-dealkylation sites (tertiary alicyclic amines) is 2. The van der Waals surface area contributed by atoms with Crippen molar-refractivity contribution in [2.45, 2.75) is 68.2 Å². The normalized spacial score (nSPS) is 30.9. The molecule has 194 valence electrons.